The third kappa shape index (κ3) is 6.16. The fraction of sp³-hybridized carbons (Fsp3) is 0.174. The summed E-state index contributed by atoms with van der Waals surface area (Å²) in [4.78, 5) is 12.3. The number of anilines is 1. The van der Waals surface area contributed by atoms with Crippen molar-refractivity contribution in [2.45, 2.75) is 30.7 Å². The summed E-state index contributed by atoms with van der Waals surface area (Å²) >= 11 is 5.83. The number of carbonyl (C=O) groups is 1. The minimum absolute atomic E-state index is 0.118. The summed E-state index contributed by atoms with van der Waals surface area (Å²) in [5.74, 6) is -0.118. The normalized spacial score (nSPS) is 12.3. The smallest absolute Gasteiger partial charge is 0.241 e. The molecule has 3 aromatic carbocycles. The van der Waals surface area contributed by atoms with Crippen molar-refractivity contribution in [2.75, 3.05) is 5.32 Å². The lowest BCUT2D eigenvalue weighted by atomic mass is 10.1. The number of rotatable bonds is 8. The zero-order valence-corrected chi connectivity index (χ0v) is 18.1. The lowest BCUT2D eigenvalue weighted by Gasteiger charge is -2.15. The van der Waals surface area contributed by atoms with Crippen molar-refractivity contribution in [2.24, 2.45) is 0 Å². The number of benzene rings is 3. The van der Waals surface area contributed by atoms with Crippen LogP contribution in [0.25, 0.3) is 0 Å². The minimum Gasteiger partial charge on any atom is -0.326 e. The molecule has 5 nitrogen and oxygen atoms in total. The monoisotopic (exact) mass is 442 g/mol. The molecule has 156 valence electrons. The summed E-state index contributed by atoms with van der Waals surface area (Å²) in [6, 6.07) is 22.5. The Morgan fingerprint density at radius 3 is 2.20 bits per heavy atom. The van der Waals surface area contributed by atoms with Crippen LogP contribution in [0.4, 0.5) is 5.69 Å². The zero-order chi connectivity index (χ0) is 21.6. The van der Waals surface area contributed by atoms with Crippen molar-refractivity contribution in [3.05, 3.63) is 95.0 Å². The van der Waals surface area contributed by atoms with Crippen LogP contribution in [-0.4, -0.2) is 14.3 Å². The van der Waals surface area contributed by atoms with Crippen LogP contribution >= 0.6 is 11.6 Å². The Hall–Kier alpha value is -2.67. The van der Waals surface area contributed by atoms with Gasteiger partial charge in [-0.3, -0.25) is 4.79 Å². The van der Waals surface area contributed by atoms with Gasteiger partial charge in [-0.1, -0.05) is 54.1 Å². The highest BCUT2D eigenvalue weighted by atomic mass is 35.5. The molecule has 1 atom stereocenters. The number of nitrogens with one attached hydrogen (secondary N) is 2. The first-order chi connectivity index (χ1) is 14.3. The third-order valence-electron chi connectivity index (χ3n) is 4.63. The SMILES string of the molecule is C[C@@H](NS(=O)(=O)c1ccc(CCC(=O)Nc2ccc(Cl)cc2)cc1)c1ccccc1. The fourth-order valence-electron chi connectivity index (χ4n) is 2.96. The number of aryl methyl sites for hydroxylation is 1. The van der Waals surface area contributed by atoms with E-state index < -0.39 is 10.0 Å². The van der Waals surface area contributed by atoms with E-state index in [1.165, 1.54) is 0 Å². The van der Waals surface area contributed by atoms with Crippen molar-refractivity contribution >= 4 is 33.2 Å². The van der Waals surface area contributed by atoms with E-state index in [9.17, 15) is 13.2 Å². The van der Waals surface area contributed by atoms with Gasteiger partial charge in [0.05, 0.1) is 4.90 Å². The van der Waals surface area contributed by atoms with Gasteiger partial charge in [0.1, 0.15) is 0 Å². The van der Waals surface area contributed by atoms with E-state index in [1.54, 1.807) is 55.5 Å². The second-order valence-electron chi connectivity index (χ2n) is 6.95. The van der Waals surface area contributed by atoms with E-state index in [0.717, 1.165) is 11.1 Å². The first-order valence-corrected chi connectivity index (χ1v) is 11.4. The predicted molar refractivity (Wildman–Crippen MR) is 120 cm³/mol. The summed E-state index contributed by atoms with van der Waals surface area (Å²) in [6.07, 6.45) is 0.797. The van der Waals surface area contributed by atoms with E-state index in [-0.39, 0.29) is 23.3 Å². The molecule has 7 heteroatoms. The molecule has 0 fully saturated rings. The van der Waals surface area contributed by atoms with Crippen LogP contribution in [0, 0.1) is 0 Å². The Morgan fingerprint density at radius 1 is 0.933 bits per heavy atom. The molecule has 0 aliphatic carbocycles. The van der Waals surface area contributed by atoms with Crippen molar-refractivity contribution in [3.63, 3.8) is 0 Å². The maximum atomic E-state index is 12.6. The first-order valence-electron chi connectivity index (χ1n) is 9.55. The van der Waals surface area contributed by atoms with Gasteiger partial charge in [-0.15, -0.1) is 0 Å². The maximum Gasteiger partial charge on any atom is 0.241 e. The molecule has 3 rings (SSSR count). The molecule has 1 amide bonds. The van der Waals surface area contributed by atoms with Gasteiger partial charge in [0.25, 0.3) is 0 Å². The summed E-state index contributed by atoms with van der Waals surface area (Å²) in [5.41, 5.74) is 2.46. The third-order valence-corrected chi connectivity index (χ3v) is 6.44. The van der Waals surface area contributed by atoms with Gasteiger partial charge in [-0.25, -0.2) is 13.1 Å². The lowest BCUT2D eigenvalue weighted by Crippen LogP contribution is -2.26. The summed E-state index contributed by atoms with van der Waals surface area (Å²) in [5, 5.41) is 3.42. The maximum absolute atomic E-state index is 12.6. The number of sulfonamides is 1. The van der Waals surface area contributed by atoms with Crippen LogP contribution in [0.2, 0.25) is 5.02 Å². The summed E-state index contributed by atoms with van der Waals surface area (Å²) < 4.78 is 28.0. The van der Waals surface area contributed by atoms with Crippen LogP contribution in [0.1, 0.15) is 30.5 Å². The van der Waals surface area contributed by atoms with Gasteiger partial charge in [-0.2, -0.15) is 0 Å². The van der Waals surface area contributed by atoms with Gasteiger partial charge in [0.15, 0.2) is 0 Å². The number of hydrogen-bond acceptors (Lipinski definition) is 3. The molecule has 0 aromatic heterocycles. The predicted octanol–water partition coefficient (Wildman–Crippen LogP) is 4.95. The highest BCUT2D eigenvalue weighted by Gasteiger charge is 2.18. The molecule has 0 bridgehead atoms. The Bertz CT molecular complexity index is 1080. The number of hydrogen-bond donors (Lipinski definition) is 2. The van der Waals surface area contributed by atoms with Gasteiger partial charge in [-0.05, 0) is 60.9 Å². The molecule has 0 saturated carbocycles. The quantitative estimate of drug-likeness (QED) is 0.518. The highest BCUT2D eigenvalue weighted by Crippen LogP contribution is 2.18. The van der Waals surface area contributed by atoms with Gasteiger partial charge >= 0.3 is 0 Å². The summed E-state index contributed by atoms with van der Waals surface area (Å²) in [7, 11) is -3.64. The van der Waals surface area contributed by atoms with Crippen LogP contribution < -0.4 is 10.0 Å². The molecule has 0 spiro atoms. The van der Waals surface area contributed by atoms with E-state index in [2.05, 4.69) is 10.0 Å². The fourth-order valence-corrected chi connectivity index (χ4v) is 4.32. The number of carbonyl (C=O) groups excluding carboxylic acids is 1. The van der Waals surface area contributed by atoms with E-state index >= 15 is 0 Å². The number of halogens is 1. The molecule has 3 aromatic rings. The lowest BCUT2D eigenvalue weighted by molar-refractivity contribution is -0.116. The van der Waals surface area contributed by atoms with Gasteiger partial charge in [0, 0.05) is 23.2 Å². The average Bonchev–Trinajstić information content (AvgIpc) is 2.74. The molecule has 2 N–H and O–H groups in total. The summed E-state index contributed by atoms with van der Waals surface area (Å²) in [6.45, 7) is 1.81. The first kappa shape index (κ1) is 22.0. The molecule has 30 heavy (non-hydrogen) atoms. The number of amides is 1. The van der Waals surface area contributed by atoms with E-state index in [1.807, 2.05) is 30.3 Å². The molecule has 0 saturated heterocycles. The Morgan fingerprint density at radius 2 is 1.57 bits per heavy atom. The Balaban J connectivity index is 1.56. The van der Waals surface area contributed by atoms with Crippen molar-refractivity contribution in [3.8, 4) is 0 Å². The topological polar surface area (TPSA) is 75.3 Å². The second kappa shape index (κ2) is 9.89. The van der Waals surface area contributed by atoms with Crippen molar-refractivity contribution in [1.29, 1.82) is 0 Å². The van der Waals surface area contributed by atoms with Crippen LogP contribution in [0.5, 0.6) is 0 Å². The van der Waals surface area contributed by atoms with Gasteiger partial charge < -0.3 is 5.32 Å². The van der Waals surface area contributed by atoms with Crippen LogP contribution in [-0.2, 0) is 21.2 Å². The van der Waals surface area contributed by atoms with Crippen LogP contribution in [0.15, 0.2) is 83.8 Å². The highest BCUT2D eigenvalue weighted by molar-refractivity contribution is 7.89. The Kier molecular flexibility index (Phi) is 7.26. The largest absolute Gasteiger partial charge is 0.326 e. The van der Waals surface area contributed by atoms with E-state index in [4.69, 9.17) is 11.6 Å². The molecular formula is C23H23ClN2O3S. The molecule has 0 radical (unpaired) electrons. The minimum atomic E-state index is -3.64. The average molecular weight is 443 g/mol. The van der Waals surface area contributed by atoms with Crippen molar-refractivity contribution in [1.82, 2.24) is 4.72 Å². The zero-order valence-electron chi connectivity index (χ0n) is 16.5. The molecule has 0 aliphatic rings. The molecule has 0 aliphatic heterocycles. The van der Waals surface area contributed by atoms with Gasteiger partial charge in [0.2, 0.25) is 15.9 Å². The molecule has 0 unspecified atom stereocenters. The van der Waals surface area contributed by atoms with Crippen LogP contribution in [0.3, 0.4) is 0 Å². The van der Waals surface area contributed by atoms with Crippen molar-refractivity contribution < 1.29 is 13.2 Å². The Labute approximate surface area is 182 Å². The molecular weight excluding hydrogens is 420 g/mol. The standard InChI is InChI=1S/C23H23ClN2O3S/c1-17(19-5-3-2-4-6-19)26-30(28,29)22-14-7-18(8-15-22)9-16-23(27)25-21-12-10-20(24)11-13-21/h2-8,10-15,17,26H,9,16H2,1H3,(H,25,27)/t17-/m1/s1. The molecule has 0 heterocycles. The van der Waals surface area contributed by atoms with E-state index in [0.29, 0.717) is 17.1 Å². The second-order valence-corrected chi connectivity index (χ2v) is 9.10.